The van der Waals surface area contributed by atoms with Gasteiger partial charge >= 0.3 is 5.97 Å². The molecule has 0 aliphatic heterocycles. The summed E-state index contributed by atoms with van der Waals surface area (Å²) < 4.78 is 4.76. The second-order valence-corrected chi connectivity index (χ2v) is 6.06. The molecular formula is C14H21ClN2O2. The Balaban J connectivity index is 3.22. The first kappa shape index (κ1) is 15.6. The van der Waals surface area contributed by atoms with Gasteiger partial charge in [-0.05, 0) is 24.5 Å². The highest BCUT2D eigenvalue weighted by Crippen LogP contribution is 2.32. The molecule has 1 rings (SSSR count). The van der Waals surface area contributed by atoms with Gasteiger partial charge in [-0.25, -0.2) is 4.79 Å². The van der Waals surface area contributed by atoms with Crippen LogP contribution in [0.1, 0.15) is 38.1 Å². The molecule has 0 aromatic heterocycles. The highest BCUT2D eigenvalue weighted by Gasteiger charge is 2.24. The average molecular weight is 285 g/mol. The van der Waals surface area contributed by atoms with E-state index in [0.717, 1.165) is 0 Å². The van der Waals surface area contributed by atoms with E-state index in [1.807, 2.05) is 6.92 Å². The normalized spacial score (nSPS) is 12.9. The van der Waals surface area contributed by atoms with Gasteiger partial charge in [0.2, 0.25) is 0 Å². The lowest BCUT2D eigenvalue weighted by Crippen LogP contribution is -2.31. The number of halogens is 1. The van der Waals surface area contributed by atoms with E-state index in [-0.39, 0.29) is 11.5 Å². The van der Waals surface area contributed by atoms with Crippen LogP contribution in [0.2, 0.25) is 5.02 Å². The van der Waals surface area contributed by atoms with Crippen molar-refractivity contribution < 1.29 is 9.53 Å². The number of ether oxygens (including phenoxy) is 1. The Morgan fingerprint density at radius 2 is 2.00 bits per heavy atom. The van der Waals surface area contributed by atoms with Crippen molar-refractivity contribution in [3.63, 3.8) is 0 Å². The van der Waals surface area contributed by atoms with Crippen LogP contribution in [0.15, 0.2) is 12.1 Å². The highest BCUT2D eigenvalue weighted by atomic mass is 35.5. The summed E-state index contributed by atoms with van der Waals surface area (Å²) in [6.07, 6.45) is 0. The van der Waals surface area contributed by atoms with E-state index in [9.17, 15) is 4.79 Å². The fourth-order valence-electron chi connectivity index (χ4n) is 1.48. The van der Waals surface area contributed by atoms with Crippen LogP contribution in [-0.2, 0) is 4.74 Å². The molecule has 0 aliphatic carbocycles. The number of rotatable bonds is 3. The number of hydrogen-bond acceptors (Lipinski definition) is 4. The van der Waals surface area contributed by atoms with Crippen LogP contribution in [0.3, 0.4) is 0 Å². The fraction of sp³-hybridized carbons (Fsp3) is 0.500. The van der Waals surface area contributed by atoms with E-state index in [2.05, 4.69) is 26.1 Å². The summed E-state index contributed by atoms with van der Waals surface area (Å²) in [5, 5.41) is 3.69. The predicted molar refractivity (Wildman–Crippen MR) is 79.7 cm³/mol. The molecule has 4 nitrogen and oxygen atoms in total. The zero-order valence-corrected chi connectivity index (χ0v) is 12.8. The minimum absolute atomic E-state index is 0.0259. The maximum Gasteiger partial charge on any atom is 0.340 e. The first-order chi connectivity index (χ1) is 8.66. The molecule has 1 aromatic carbocycles. The largest absolute Gasteiger partial charge is 0.465 e. The molecule has 1 unspecified atom stereocenters. The maximum atomic E-state index is 11.8. The summed E-state index contributed by atoms with van der Waals surface area (Å²) in [5.41, 5.74) is 7.08. The Hall–Kier alpha value is -1.42. The van der Waals surface area contributed by atoms with Gasteiger partial charge in [0.05, 0.1) is 23.4 Å². The number of carbonyl (C=O) groups is 1. The molecule has 0 radical (unpaired) electrons. The van der Waals surface area contributed by atoms with Gasteiger partial charge in [-0.1, -0.05) is 32.4 Å². The van der Waals surface area contributed by atoms with Gasteiger partial charge in [0, 0.05) is 11.7 Å². The number of nitrogens with two attached hydrogens (primary N) is 1. The zero-order chi connectivity index (χ0) is 14.8. The van der Waals surface area contributed by atoms with E-state index in [0.29, 0.717) is 22.0 Å². The number of nitrogen functional groups attached to an aromatic ring is 1. The molecule has 1 aromatic rings. The topological polar surface area (TPSA) is 64.3 Å². The molecule has 0 saturated carbocycles. The molecule has 0 spiro atoms. The van der Waals surface area contributed by atoms with Crippen molar-refractivity contribution in [3.8, 4) is 0 Å². The summed E-state index contributed by atoms with van der Waals surface area (Å²) in [5.74, 6) is -0.460. The molecule has 1 atom stereocenters. The van der Waals surface area contributed by atoms with Crippen LogP contribution >= 0.6 is 11.6 Å². The van der Waals surface area contributed by atoms with E-state index < -0.39 is 5.97 Å². The van der Waals surface area contributed by atoms with Crippen LogP contribution in [0.25, 0.3) is 0 Å². The number of carbonyl (C=O) groups excluding carboxylic acids is 1. The van der Waals surface area contributed by atoms with Crippen LogP contribution in [-0.4, -0.2) is 19.1 Å². The molecule has 19 heavy (non-hydrogen) atoms. The molecule has 106 valence electrons. The minimum atomic E-state index is -0.460. The Bertz CT molecular complexity index is 481. The number of nitrogens with one attached hydrogen (secondary N) is 1. The van der Waals surface area contributed by atoms with Crippen molar-refractivity contribution >= 4 is 28.9 Å². The van der Waals surface area contributed by atoms with E-state index in [1.54, 1.807) is 12.1 Å². The molecule has 0 aliphatic rings. The van der Waals surface area contributed by atoms with Gasteiger partial charge < -0.3 is 15.8 Å². The first-order valence-electron chi connectivity index (χ1n) is 6.10. The lowest BCUT2D eigenvalue weighted by atomic mass is 9.88. The van der Waals surface area contributed by atoms with Gasteiger partial charge in [-0.2, -0.15) is 0 Å². The number of hydrogen-bond donors (Lipinski definition) is 2. The average Bonchev–Trinajstić information content (AvgIpc) is 2.29. The maximum absolute atomic E-state index is 11.8. The van der Waals surface area contributed by atoms with Gasteiger partial charge in [0.15, 0.2) is 0 Å². The van der Waals surface area contributed by atoms with Crippen molar-refractivity contribution in [2.75, 3.05) is 18.2 Å². The predicted octanol–water partition coefficient (Wildman–Crippen LogP) is 3.56. The Kier molecular flexibility index (Phi) is 4.69. The lowest BCUT2D eigenvalue weighted by molar-refractivity contribution is 0.0601. The standard InChI is InChI=1S/C14H21ClN2O2/c1-8(14(2,3)4)17-12-10(13(18)19-5)6-9(16)7-11(12)15/h6-8,17H,16H2,1-5H3. The van der Waals surface area contributed by atoms with Crippen LogP contribution in [0, 0.1) is 5.41 Å². The van der Waals surface area contributed by atoms with E-state index >= 15 is 0 Å². The summed E-state index contributed by atoms with van der Waals surface area (Å²) in [6.45, 7) is 8.35. The third-order valence-electron chi connectivity index (χ3n) is 3.18. The SMILES string of the molecule is COC(=O)c1cc(N)cc(Cl)c1NC(C)C(C)(C)C. The van der Waals surface area contributed by atoms with Crippen molar-refractivity contribution in [3.05, 3.63) is 22.7 Å². The highest BCUT2D eigenvalue weighted by molar-refractivity contribution is 6.34. The van der Waals surface area contributed by atoms with E-state index in [4.69, 9.17) is 22.1 Å². The van der Waals surface area contributed by atoms with Crippen molar-refractivity contribution in [2.24, 2.45) is 5.41 Å². The van der Waals surface area contributed by atoms with Crippen LogP contribution in [0.5, 0.6) is 0 Å². The third-order valence-corrected chi connectivity index (χ3v) is 3.48. The molecule has 0 fully saturated rings. The van der Waals surface area contributed by atoms with Crippen molar-refractivity contribution in [1.82, 2.24) is 0 Å². The monoisotopic (exact) mass is 284 g/mol. The second-order valence-electron chi connectivity index (χ2n) is 5.65. The van der Waals surface area contributed by atoms with Gasteiger partial charge in [-0.15, -0.1) is 0 Å². The lowest BCUT2D eigenvalue weighted by Gasteiger charge is -2.30. The molecular weight excluding hydrogens is 264 g/mol. The summed E-state index contributed by atoms with van der Waals surface area (Å²) in [4.78, 5) is 11.8. The molecule has 0 saturated heterocycles. The van der Waals surface area contributed by atoms with Gasteiger partial charge in [-0.3, -0.25) is 0 Å². The number of benzene rings is 1. The third kappa shape index (κ3) is 3.77. The Morgan fingerprint density at radius 3 is 2.47 bits per heavy atom. The number of anilines is 2. The summed E-state index contributed by atoms with van der Waals surface area (Å²) >= 11 is 6.18. The molecule has 5 heteroatoms. The van der Waals surface area contributed by atoms with Crippen molar-refractivity contribution in [2.45, 2.75) is 33.7 Å². The zero-order valence-electron chi connectivity index (χ0n) is 12.0. The van der Waals surface area contributed by atoms with Crippen LogP contribution < -0.4 is 11.1 Å². The van der Waals surface area contributed by atoms with Gasteiger partial charge in [0.25, 0.3) is 0 Å². The van der Waals surface area contributed by atoms with Crippen LogP contribution in [0.4, 0.5) is 11.4 Å². The Labute approximate surface area is 119 Å². The van der Waals surface area contributed by atoms with Gasteiger partial charge in [0.1, 0.15) is 0 Å². The smallest absolute Gasteiger partial charge is 0.340 e. The molecule has 0 heterocycles. The second kappa shape index (κ2) is 5.70. The molecule has 0 amide bonds. The fourth-order valence-corrected chi connectivity index (χ4v) is 1.76. The van der Waals surface area contributed by atoms with E-state index in [1.165, 1.54) is 7.11 Å². The number of methoxy groups -OCH3 is 1. The number of esters is 1. The first-order valence-corrected chi connectivity index (χ1v) is 6.48. The minimum Gasteiger partial charge on any atom is -0.465 e. The summed E-state index contributed by atoms with van der Waals surface area (Å²) in [6, 6.07) is 3.30. The molecule has 3 N–H and O–H groups in total. The quantitative estimate of drug-likeness (QED) is 0.658. The molecule has 0 bridgehead atoms. The summed E-state index contributed by atoms with van der Waals surface area (Å²) in [7, 11) is 1.33. The Morgan fingerprint density at radius 1 is 1.42 bits per heavy atom. The van der Waals surface area contributed by atoms with Crippen molar-refractivity contribution in [1.29, 1.82) is 0 Å².